The molecule has 0 saturated heterocycles. The molecule has 0 radical (unpaired) electrons. The molecule has 0 aliphatic carbocycles. The minimum absolute atomic E-state index is 0.139. The predicted molar refractivity (Wildman–Crippen MR) is 87.4 cm³/mol. The van der Waals surface area contributed by atoms with Crippen molar-refractivity contribution in [2.75, 3.05) is 6.54 Å². The monoisotopic (exact) mass is 305 g/mol. The molecule has 1 nitrogen and oxygen atoms in total. The van der Waals surface area contributed by atoms with Gasteiger partial charge in [0.05, 0.1) is 5.02 Å². The number of nitrogens with one attached hydrogen (secondary N) is 1. The minimum Gasteiger partial charge on any atom is -0.310 e. The van der Waals surface area contributed by atoms with Crippen molar-refractivity contribution < 1.29 is 4.39 Å². The van der Waals surface area contributed by atoms with Gasteiger partial charge in [-0.05, 0) is 48.2 Å². The van der Waals surface area contributed by atoms with Gasteiger partial charge in [0.15, 0.2) is 0 Å². The van der Waals surface area contributed by atoms with E-state index >= 15 is 0 Å². The Labute approximate surface area is 131 Å². The second-order valence-corrected chi connectivity index (χ2v) is 5.57. The number of halogens is 2. The van der Waals surface area contributed by atoms with E-state index in [0.717, 1.165) is 24.9 Å². The average Bonchev–Trinajstić information content (AvgIpc) is 2.50. The van der Waals surface area contributed by atoms with E-state index in [1.165, 1.54) is 17.2 Å². The van der Waals surface area contributed by atoms with E-state index in [1.807, 2.05) is 0 Å². The lowest BCUT2D eigenvalue weighted by Gasteiger charge is -2.19. The molecule has 0 saturated carbocycles. The fraction of sp³-hybridized carbons (Fsp3) is 0.333. The molecule has 3 heteroatoms. The molecule has 21 heavy (non-hydrogen) atoms. The minimum atomic E-state index is -0.372. The number of hydrogen-bond acceptors (Lipinski definition) is 1. The van der Waals surface area contributed by atoms with Crippen molar-refractivity contribution in [1.29, 1.82) is 0 Å². The normalized spacial score (nSPS) is 12.4. The van der Waals surface area contributed by atoms with E-state index < -0.39 is 0 Å². The summed E-state index contributed by atoms with van der Waals surface area (Å²) < 4.78 is 13.3. The highest BCUT2D eigenvalue weighted by atomic mass is 35.5. The fourth-order valence-electron chi connectivity index (χ4n) is 2.43. The van der Waals surface area contributed by atoms with Crippen LogP contribution in [0.1, 0.15) is 36.6 Å². The highest BCUT2D eigenvalue weighted by Gasteiger charge is 2.13. The molecule has 0 bridgehead atoms. The molecule has 0 aliphatic heterocycles. The van der Waals surface area contributed by atoms with E-state index in [4.69, 9.17) is 11.6 Å². The Kier molecular flexibility index (Phi) is 5.77. The molecule has 0 fully saturated rings. The molecule has 1 N–H and O–H groups in total. The fourth-order valence-corrected chi connectivity index (χ4v) is 2.62. The second kappa shape index (κ2) is 7.58. The van der Waals surface area contributed by atoms with Gasteiger partial charge in [0, 0.05) is 6.04 Å². The van der Waals surface area contributed by atoms with Gasteiger partial charge in [-0.3, -0.25) is 0 Å². The summed E-state index contributed by atoms with van der Waals surface area (Å²) in [6, 6.07) is 13.7. The Morgan fingerprint density at radius 1 is 1.05 bits per heavy atom. The van der Waals surface area contributed by atoms with Crippen LogP contribution in [0.4, 0.5) is 4.39 Å². The largest absolute Gasteiger partial charge is 0.310 e. The molecule has 2 aromatic rings. The molecule has 2 aromatic carbocycles. The lowest BCUT2D eigenvalue weighted by atomic mass is 9.97. The third kappa shape index (κ3) is 4.29. The van der Waals surface area contributed by atoms with Crippen LogP contribution >= 0.6 is 11.6 Å². The number of likely N-dealkylation sites (N-methyl/N-ethyl adjacent to an activating group) is 1. The van der Waals surface area contributed by atoms with Gasteiger partial charge in [-0.15, -0.1) is 0 Å². The first-order valence-corrected chi connectivity index (χ1v) is 7.78. The van der Waals surface area contributed by atoms with E-state index in [-0.39, 0.29) is 16.9 Å². The van der Waals surface area contributed by atoms with Gasteiger partial charge in [-0.2, -0.15) is 0 Å². The standard InChI is InChI=1S/C18H21ClFN/c1-3-13-5-7-14(8-6-13)11-18(21-4-2)15-9-10-17(20)16(19)12-15/h5-10,12,18,21H,3-4,11H2,1-2H3. The Hall–Kier alpha value is -1.38. The Morgan fingerprint density at radius 3 is 2.29 bits per heavy atom. The van der Waals surface area contributed by atoms with Gasteiger partial charge in [-0.1, -0.05) is 55.8 Å². The molecule has 0 heterocycles. The summed E-state index contributed by atoms with van der Waals surface area (Å²) in [6.45, 7) is 5.07. The molecule has 0 spiro atoms. The van der Waals surface area contributed by atoms with Crippen LogP contribution in [0.3, 0.4) is 0 Å². The van der Waals surface area contributed by atoms with E-state index in [2.05, 4.69) is 43.4 Å². The van der Waals surface area contributed by atoms with Crippen LogP contribution in [-0.4, -0.2) is 6.54 Å². The van der Waals surface area contributed by atoms with Crippen molar-refractivity contribution in [3.05, 3.63) is 70.0 Å². The van der Waals surface area contributed by atoms with Crippen LogP contribution in [0.5, 0.6) is 0 Å². The third-order valence-corrected chi connectivity index (χ3v) is 3.96. The maximum absolute atomic E-state index is 13.3. The van der Waals surface area contributed by atoms with Crippen LogP contribution in [0.15, 0.2) is 42.5 Å². The van der Waals surface area contributed by atoms with Crippen LogP contribution in [0.2, 0.25) is 5.02 Å². The zero-order valence-electron chi connectivity index (χ0n) is 12.5. The molecule has 0 amide bonds. The maximum Gasteiger partial charge on any atom is 0.141 e. The van der Waals surface area contributed by atoms with E-state index in [0.29, 0.717) is 0 Å². The summed E-state index contributed by atoms with van der Waals surface area (Å²) in [5.41, 5.74) is 3.62. The van der Waals surface area contributed by atoms with Crippen molar-refractivity contribution in [3.8, 4) is 0 Å². The van der Waals surface area contributed by atoms with Crippen LogP contribution < -0.4 is 5.32 Å². The predicted octanol–water partition coefficient (Wildman–Crippen LogP) is 4.93. The Balaban J connectivity index is 2.19. The topological polar surface area (TPSA) is 12.0 Å². The van der Waals surface area contributed by atoms with E-state index in [1.54, 1.807) is 12.1 Å². The van der Waals surface area contributed by atoms with Crippen LogP contribution in [0, 0.1) is 5.82 Å². The molecule has 112 valence electrons. The van der Waals surface area contributed by atoms with Gasteiger partial charge < -0.3 is 5.32 Å². The summed E-state index contributed by atoms with van der Waals surface area (Å²) in [6.07, 6.45) is 1.91. The summed E-state index contributed by atoms with van der Waals surface area (Å²) in [5, 5.41) is 3.62. The highest BCUT2D eigenvalue weighted by molar-refractivity contribution is 6.30. The Bertz CT molecular complexity index is 580. The molecule has 2 rings (SSSR count). The zero-order chi connectivity index (χ0) is 15.2. The lowest BCUT2D eigenvalue weighted by Crippen LogP contribution is -2.23. The summed E-state index contributed by atoms with van der Waals surface area (Å²) >= 11 is 5.90. The lowest BCUT2D eigenvalue weighted by molar-refractivity contribution is 0.547. The molecular weight excluding hydrogens is 285 g/mol. The van der Waals surface area contributed by atoms with Gasteiger partial charge in [0.1, 0.15) is 5.82 Å². The van der Waals surface area contributed by atoms with Crippen molar-refractivity contribution in [2.24, 2.45) is 0 Å². The molecule has 0 aromatic heterocycles. The maximum atomic E-state index is 13.3. The van der Waals surface area contributed by atoms with Crippen molar-refractivity contribution in [2.45, 2.75) is 32.7 Å². The first-order chi connectivity index (χ1) is 10.1. The van der Waals surface area contributed by atoms with Crippen LogP contribution in [0.25, 0.3) is 0 Å². The second-order valence-electron chi connectivity index (χ2n) is 5.16. The van der Waals surface area contributed by atoms with E-state index in [9.17, 15) is 4.39 Å². The van der Waals surface area contributed by atoms with Gasteiger partial charge >= 0.3 is 0 Å². The third-order valence-electron chi connectivity index (χ3n) is 3.67. The number of aryl methyl sites for hydroxylation is 1. The smallest absolute Gasteiger partial charge is 0.141 e. The summed E-state index contributed by atoms with van der Waals surface area (Å²) in [5.74, 6) is -0.372. The molecule has 1 atom stereocenters. The summed E-state index contributed by atoms with van der Waals surface area (Å²) in [4.78, 5) is 0. The zero-order valence-corrected chi connectivity index (χ0v) is 13.3. The molecule has 0 aliphatic rings. The SMILES string of the molecule is CCNC(Cc1ccc(CC)cc1)c1ccc(F)c(Cl)c1. The van der Waals surface area contributed by atoms with Crippen molar-refractivity contribution in [1.82, 2.24) is 5.32 Å². The molecule has 1 unspecified atom stereocenters. The highest BCUT2D eigenvalue weighted by Crippen LogP contribution is 2.24. The van der Waals surface area contributed by atoms with Gasteiger partial charge in [0.2, 0.25) is 0 Å². The van der Waals surface area contributed by atoms with Crippen molar-refractivity contribution in [3.63, 3.8) is 0 Å². The van der Waals surface area contributed by atoms with Crippen molar-refractivity contribution >= 4 is 11.6 Å². The van der Waals surface area contributed by atoms with Gasteiger partial charge in [-0.25, -0.2) is 4.39 Å². The van der Waals surface area contributed by atoms with Crippen LogP contribution in [-0.2, 0) is 12.8 Å². The van der Waals surface area contributed by atoms with Gasteiger partial charge in [0.25, 0.3) is 0 Å². The Morgan fingerprint density at radius 2 is 1.71 bits per heavy atom. The number of benzene rings is 2. The molecular formula is C18H21ClFN. The first-order valence-electron chi connectivity index (χ1n) is 7.40. The average molecular weight is 306 g/mol. The first kappa shape index (κ1) is 16.0. The number of hydrogen-bond donors (Lipinski definition) is 1. The quantitative estimate of drug-likeness (QED) is 0.797. The number of rotatable bonds is 6. The summed E-state index contributed by atoms with van der Waals surface area (Å²) in [7, 11) is 0.